The van der Waals surface area contributed by atoms with Crippen LogP contribution in [0.2, 0.25) is 0 Å². The molecule has 0 aromatic heterocycles. The van der Waals surface area contributed by atoms with Crippen LogP contribution in [-0.4, -0.2) is 63.5 Å². The number of amides is 1. The quantitative estimate of drug-likeness (QED) is 0.0307. The molecule has 1 amide bonds. The molecule has 0 unspecified atom stereocenters. The van der Waals surface area contributed by atoms with Crippen LogP contribution >= 0.6 is 0 Å². The summed E-state index contributed by atoms with van der Waals surface area (Å²) >= 11 is 0. The number of carbonyl (C=O) groups is 1. The van der Waals surface area contributed by atoms with Crippen LogP contribution in [0.15, 0.2) is 187 Å². The highest BCUT2D eigenvalue weighted by atomic mass is 16.7. The zero-order valence-electron chi connectivity index (χ0n) is 41.7. The first-order valence-corrected chi connectivity index (χ1v) is 25.9. The van der Waals surface area contributed by atoms with E-state index in [1.54, 1.807) is 11.0 Å². The molecule has 1 heterocycles. The fourth-order valence-electron chi connectivity index (χ4n) is 11.5. The van der Waals surface area contributed by atoms with E-state index < -0.39 is 28.8 Å². The zero-order valence-corrected chi connectivity index (χ0v) is 41.7. The number of carbonyl (C=O) groups excluding carboxylic acids is 1. The summed E-state index contributed by atoms with van der Waals surface area (Å²) in [4.78, 5) is 34.7. The van der Waals surface area contributed by atoms with Crippen LogP contribution in [0.25, 0.3) is 21.5 Å². The molecule has 0 bridgehead atoms. The van der Waals surface area contributed by atoms with Gasteiger partial charge in [-0.3, -0.25) is 15.0 Å². The van der Waals surface area contributed by atoms with Gasteiger partial charge in [-0.1, -0.05) is 133 Å². The number of allylic oxidation sites excluding steroid dienone is 1. The van der Waals surface area contributed by atoms with Gasteiger partial charge in [-0.2, -0.15) is 0 Å². The van der Waals surface area contributed by atoms with E-state index in [9.17, 15) is 20.3 Å². The molecule has 0 saturated heterocycles. The average molecular weight is 1010 g/mol. The summed E-state index contributed by atoms with van der Waals surface area (Å²) in [6, 6.07) is 48.3. The Morgan fingerprint density at radius 1 is 0.787 bits per heavy atom. The number of nitro benzene ring substituents is 1. The number of hydrogen-bond donors (Lipinski definition) is 2. The topological polar surface area (TPSA) is 162 Å². The number of ether oxygens (including phenoxy) is 4. The van der Waals surface area contributed by atoms with Crippen LogP contribution < -0.4 is 14.2 Å². The smallest absolute Gasteiger partial charge is 0.416 e. The lowest BCUT2D eigenvalue weighted by Crippen LogP contribution is -2.70. The van der Waals surface area contributed by atoms with Gasteiger partial charge in [0.05, 0.1) is 29.7 Å². The standard InChI is InChI=1S/C62H61N3O10/c1-2-35-71-62-58(64(40-47-22-14-21-44-18-8-9-23-52(44)47)61(68)74-49-29-26-48(27-30-49)65(69)70)39-56(63-72-41-42-15-4-3-5-16-42)54-37-46(20-10-12-33-66)53(24-11-13-34-67)59(60(54)62)55-38-51(31-32-57(55)75-62)73-50-28-25-43-17-6-7-19-45(43)36-50/h2-9,14-19,21-23,25-32,36-38,46,53,58-60,66-67H,1,10-13,20,24,33-35,39-41H2/t46-,53+,58-,59+,60+,62+/m0/s1. The summed E-state index contributed by atoms with van der Waals surface area (Å²) in [5, 5.41) is 41.1. The van der Waals surface area contributed by atoms with Gasteiger partial charge in [0, 0.05) is 43.2 Å². The lowest BCUT2D eigenvalue weighted by atomic mass is 9.55. The van der Waals surface area contributed by atoms with E-state index in [1.807, 2.05) is 115 Å². The molecule has 13 nitrogen and oxygen atoms in total. The summed E-state index contributed by atoms with van der Waals surface area (Å²) in [6.07, 6.45) is 7.64. The monoisotopic (exact) mass is 1010 g/mol. The second kappa shape index (κ2) is 23.1. The highest BCUT2D eigenvalue weighted by Gasteiger charge is 2.66. The Hall–Kier alpha value is -7.84. The van der Waals surface area contributed by atoms with Crippen molar-refractivity contribution in [3.63, 3.8) is 0 Å². The maximum Gasteiger partial charge on any atom is 0.416 e. The first kappa shape index (κ1) is 50.7. The van der Waals surface area contributed by atoms with E-state index in [0.717, 1.165) is 69.5 Å². The Kier molecular flexibility index (Phi) is 15.6. The first-order valence-electron chi connectivity index (χ1n) is 25.9. The second-order valence-corrected chi connectivity index (χ2v) is 19.5. The predicted molar refractivity (Wildman–Crippen MR) is 289 cm³/mol. The molecule has 1 aliphatic heterocycles. The molecule has 75 heavy (non-hydrogen) atoms. The van der Waals surface area contributed by atoms with Crippen molar-refractivity contribution in [3.05, 3.63) is 209 Å². The van der Waals surface area contributed by atoms with Crippen molar-refractivity contribution in [2.45, 2.75) is 75.8 Å². The number of fused-ring (bicyclic) bond motifs is 4. The molecule has 0 spiro atoms. The van der Waals surface area contributed by atoms with Crippen molar-refractivity contribution in [3.8, 4) is 23.0 Å². The Morgan fingerprint density at radius 3 is 2.25 bits per heavy atom. The lowest BCUT2D eigenvalue weighted by Gasteiger charge is -2.59. The minimum atomic E-state index is -1.61. The maximum atomic E-state index is 15.5. The van der Waals surface area contributed by atoms with Gasteiger partial charge in [0.15, 0.2) is 0 Å². The molecule has 10 rings (SSSR count). The number of unbranched alkanes of at least 4 members (excludes halogenated alkanes) is 2. The van der Waals surface area contributed by atoms with Crippen molar-refractivity contribution < 1.29 is 43.7 Å². The molecule has 0 radical (unpaired) electrons. The normalized spacial score (nSPS) is 21.1. The fourth-order valence-corrected chi connectivity index (χ4v) is 11.5. The Balaban J connectivity index is 1.18. The SMILES string of the molecule is C=CCO[C@@]12Oc3ccc(Oc4ccc5ccccc5c4)cc3[C@H]3[C@H](CCCCO)[C@@H](CCCCO)C=C(C(=NOCc4ccccc4)C[C@@H]1N(Cc1cccc4ccccc14)C(=O)Oc1ccc([N+](=O)[O-])cc1)[C@H]32. The summed E-state index contributed by atoms with van der Waals surface area (Å²) < 4.78 is 27.8. The van der Waals surface area contributed by atoms with Gasteiger partial charge < -0.3 is 34.0 Å². The third-order valence-corrected chi connectivity index (χ3v) is 14.9. The van der Waals surface area contributed by atoms with Gasteiger partial charge in [-0.25, -0.2) is 4.79 Å². The number of benzene rings is 7. The molecule has 1 saturated carbocycles. The molecule has 13 heteroatoms. The minimum Gasteiger partial charge on any atom is -0.459 e. The summed E-state index contributed by atoms with van der Waals surface area (Å²) in [6.45, 7) is 4.50. The first-order chi connectivity index (χ1) is 36.8. The van der Waals surface area contributed by atoms with Crippen molar-refractivity contribution in [2.24, 2.45) is 22.9 Å². The number of aliphatic hydroxyl groups excluding tert-OH is 2. The van der Waals surface area contributed by atoms with Crippen molar-refractivity contribution in [1.29, 1.82) is 0 Å². The van der Waals surface area contributed by atoms with E-state index in [2.05, 4.69) is 30.9 Å². The van der Waals surface area contributed by atoms with Crippen LogP contribution in [-0.2, 0) is 22.7 Å². The van der Waals surface area contributed by atoms with Crippen LogP contribution in [0, 0.1) is 27.9 Å². The molecular formula is C62H61N3O10. The van der Waals surface area contributed by atoms with Gasteiger partial charge in [0.2, 0.25) is 5.79 Å². The van der Waals surface area contributed by atoms with Crippen molar-refractivity contribution in [1.82, 2.24) is 4.90 Å². The maximum absolute atomic E-state index is 15.5. The second-order valence-electron chi connectivity index (χ2n) is 19.5. The summed E-state index contributed by atoms with van der Waals surface area (Å²) in [5.41, 5.74) is 4.02. The van der Waals surface area contributed by atoms with Crippen LogP contribution in [0.1, 0.15) is 67.6 Å². The zero-order chi connectivity index (χ0) is 51.7. The number of nitro groups is 1. The number of aliphatic hydroxyl groups is 2. The van der Waals surface area contributed by atoms with E-state index in [0.29, 0.717) is 35.8 Å². The van der Waals surface area contributed by atoms with Gasteiger partial charge in [0.1, 0.15) is 35.6 Å². The molecule has 2 aliphatic carbocycles. The van der Waals surface area contributed by atoms with Gasteiger partial charge in [0.25, 0.3) is 5.69 Å². The molecule has 2 N–H and O–H groups in total. The van der Waals surface area contributed by atoms with Crippen LogP contribution in [0.4, 0.5) is 10.5 Å². The van der Waals surface area contributed by atoms with Crippen molar-refractivity contribution in [2.75, 3.05) is 19.8 Å². The van der Waals surface area contributed by atoms with Gasteiger partial charge in [-0.05, 0) is 118 Å². The Labute approximate surface area is 436 Å². The van der Waals surface area contributed by atoms with E-state index >= 15 is 4.79 Å². The van der Waals surface area contributed by atoms with Crippen LogP contribution in [0.3, 0.4) is 0 Å². The summed E-state index contributed by atoms with van der Waals surface area (Å²) in [5.74, 6) is -0.631. The largest absolute Gasteiger partial charge is 0.459 e. The molecule has 7 aromatic carbocycles. The van der Waals surface area contributed by atoms with Gasteiger partial charge in [-0.15, -0.1) is 6.58 Å². The van der Waals surface area contributed by atoms with E-state index in [1.165, 1.54) is 24.3 Å². The van der Waals surface area contributed by atoms with E-state index in [-0.39, 0.29) is 68.6 Å². The molecule has 6 atom stereocenters. The number of oxime groups is 1. The fraction of sp³-hybridized carbons (Fsp3) is 0.290. The number of nitrogens with zero attached hydrogens (tertiary/aromatic N) is 3. The number of rotatable bonds is 21. The number of hydrogen-bond acceptors (Lipinski definition) is 11. The minimum absolute atomic E-state index is 0.00521. The Bertz CT molecular complexity index is 3210. The molecule has 7 aromatic rings. The predicted octanol–water partition coefficient (Wildman–Crippen LogP) is 13.2. The molecule has 1 fully saturated rings. The number of non-ortho nitro benzene ring substituents is 1. The van der Waals surface area contributed by atoms with Crippen molar-refractivity contribution >= 4 is 39.0 Å². The highest BCUT2D eigenvalue weighted by molar-refractivity contribution is 6.03. The van der Waals surface area contributed by atoms with E-state index in [4.69, 9.17) is 28.9 Å². The molecular weight excluding hydrogens is 947 g/mol. The molecule has 3 aliphatic rings. The lowest BCUT2D eigenvalue weighted by molar-refractivity contribution is -0.384. The third kappa shape index (κ3) is 10.9. The third-order valence-electron chi connectivity index (χ3n) is 14.9. The summed E-state index contributed by atoms with van der Waals surface area (Å²) in [7, 11) is 0. The highest BCUT2D eigenvalue weighted by Crippen LogP contribution is 2.62. The average Bonchev–Trinajstić information content (AvgIpc) is 3.45. The Morgan fingerprint density at radius 2 is 1.48 bits per heavy atom. The van der Waals surface area contributed by atoms with Crippen LogP contribution in [0.5, 0.6) is 23.0 Å². The molecule has 384 valence electrons. The van der Waals surface area contributed by atoms with Gasteiger partial charge >= 0.3 is 6.09 Å².